The number of piperazine rings is 1. The van der Waals surface area contributed by atoms with Crippen LogP contribution in [-0.4, -0.2) is 71.6 Å². The number of anilines is 2. The number of aromatic amines is 1. The molecule has 1 saturated heterocycles. The second kappa shape index (κ2) is 7.43. The Balaban J connectivity index is 1.57. The van der Waals surface area contributed by atoms with Crippen LogP contribution in [0.15, 0.2) is 24.4 Å². The molecule has 0 unspecified atom stereocenters. The van der Waals surface area contributed by atoms with Crippen LogP contribution in [0.25, 0.3) is 0 Å². The summed E-state index contributed by atoms with van der Waals surface area (Å²) < 4.78 is 6.02. The molecule has 1 aromatic heterocycles. The summed E-state index contributed by atoms with van der Waals surface area (Å²) in [6.45, 7) is 8.18. The van der Waals surface area contributed by atoms with Gasteiger partial charge in [-0.3, -0.25) is 4.90 Å². The van der Waals surface area contributed by atoms with Gasteiger partial charge in [0.1, 0.15) is 18.2 Å². The molecule has 1 fully saturated rings. The molecular formula is C16H24N6O. The van der Waals surface area contributed by atoms with E-state index in [1.807, 2.05) is 6.07 Å². The highest BCUT2D eigenvalue weighted by Crippen LogP contribution is 2.28. The van der Waals surface area contributed by atoms with E-state index in [1.165, 1.54) is 5.56 Å². The zero-order chi connectivity index (χ0) is 16.1. The standard InChI is InChI=1S/C16H24N6O/c1-13-3-4-14(18-16-12-17-20-19-16)15(11-13)23-10-9-22-7-5-21(2)6-8-22/h3-4,11-12H,5-10H2,1-2H3,(H2,17,18,19,20). The molecule has 0 bridgehead atoms. The fourth-order valence-corrected chi connectivity index (χ4v) is 2.61. The maximum Gasteiger partial charge on any atom is 0.146 e. The van der Waals surface area contributed by atoms with Gasteiger partial charge in [-0.15, -0.1) is 5.10 Å². The zero-order valence-corrected chi connectivity index (χ0v) is 13.7. The van der Waals surface area contributed by atoms with Crippen LogP contribution in [0.3, 0.4) is 0 Å². The summed E-state index contributed by atoms with van der Waals surface area (Å²) in [5.74, 6) is 1.60. The fraction of sp³-hybridized carbons (Fsp3) is 0.500. The third-order valence-electron chi connectivity index (χ3n) is 4.08. The molecule has 1 aliphatic rings. The van der Waals surface area contributed by atoms with E-state index in [-0.39, 0.29) is 0 Å². The molecule has 0 radical (unpaired) electrons. The van der Waals surface area contributed by atoms with Gasteiger partial charge in [0.05, 0.1) is 11.9 Å². The lowest BCUT2D eigenvalue weighted by atomic mass is 10.2. The van der Waals surface area contributed by atoms with Crippen molar-refractivity contribution in [3.8, 4) is 5.75 Å². The third kappa shape index (κ3) is 4.43. The van der Waals surface area contributed by atoms with Gasteiger partial charge in [0.15, 0.2) is 0 Å². The molecule has 7 heteroatoms. The second-order valence-corrected chi connectivity index (χ2v) is 5.99. The molecule has 2 aromatic rings. The lowest BCUT2D eigenvalue weighted by molar-refractivity contribution is 0.134. The monoisotopic (exact) mass is 316 g/mol. The predicted octanol–water partition coefficient (Wildman–Crippen LogP) is 1.48. The molecule has 0 atom stereocenters. The molecule has 0 saturated carbocycles. The van der Waals surface area contributed by atoms with Crippen molar-refractivity contribution in [2.45, 2.75) is 6.92 Å². The minimum absolute atomic E-state index is 0.684. The van der Waals surface area contributed by atoms with Crippen LogP contribution in [0.4, 0.5) is 11.5 Å². The first-order valence-electron chi connectivity index (χ1n) is 7.98. The van der Waals surface area contributed by atoms with Gasteiger partial charge < -0.3 is 15.0 Å². The normalized spacial score (nSPS) is 16.4. The number of aromatic nitrogens is 3. The van der Waals surface area contributed by atoms with Gasteiger partial charge in [-0.25, -0.2) is 5.10 Å². The van der Waals surface area contributed by atoms with Crippen LogP contribution in [0.5, 0.6) is 5.75 Å². The summed E-state index contributed by atoms with van der Waals surface area (Å²) in [5, 5.41) is 13.5. The Hall–Kier alpha value is -2.12. The van der Waals surface area contributed by atoms with Crippen LogP contribution in [0, 0.1) is 6.92 Å². The number of rotatable bonds is 6. The number of nitrogens with zero attached hydrogens (tertiary/aromatic N) is 4. The highest BCUT2D eigenvalue weighted by molar-refractivity contribution is 5.64. The van der Waals surface area contributed by atoms with Crippen LogP contribution in [0.2, 0.25) is 0 Å². The molecule has 2 heterocycles. The summed E-state index contributed by atoms with van der Waals surface area (Å²) in [4.78, 5) is 4.81. The van der Waals surface area contributed by atoms with Gasteiger partial charge >= 0.3 is 0 Å². The van der Waals surface area contributed by atoms with Crippen LogP contribution in [0.1, 0.15) is 5.56 Å². The van der Waals surface area contributed by atoms with Gasteiger partial charge in [0, 0.05) is 32.7 Å². The van der Waals surface area contributed by atoms with Crippen molar-refractivity contribution >= 4 is 11.5 Å². The zero-order valence-electron chi connectivity index (χ0n) is 13.7. The predicted molar refractivity (Wildman–Crippen MR) is 90.3 cm³/mol. The number of ether oxygens (including phenoxy) is 1. The van der Waals surface area contributed by atoms with Gasteiger partial charge in [-0.2, -0.15) is 0 Å². The van der Waals surface area contributed by atoms with E-state index in [0.717, 1.165) is 50.0 Å². The molecular weight excluding hydrogens is 292 g/mol. The molecule has 7 nitrogen and oxygen atoms in total. The quantitative estimate of drug-likeness (QED) is 0.841. The third-order valence-corrected chi connectivity index (χ3v) is 4.08. The molecule has 23 heavy (non-hydrogen) atoms. The van der Waals surface area contributed by atoms with E-state index in [0.29, 0.717) is 6.61 Å². The highest BCUT2D eigenvalue weighted by Gasteiger charge is 2.13. The van der Waals surface area contributed by atoms with Crippen molar-refractivity contribution in [2.75, 3.05) is 51.7 Å². The Morgan fingerprint density at radius 3 is 2.83 bits per heavy atom. The Morgan fingerprint density at radius 1 is 1.26 bits per heavy atom. The topological polar surface area (TPSA) is 69.3 Å². The molecule has 1 aromatic carbocycles. The molecule has 0 aliphatic carbocycles. The van der Waals surface area contributed by atoms with Crippen molar-refractivity contribution in [1.29, 1.82) is 0 Å². The lowest BCUT2D eigenvalue weighted by Gasteiger charge is -2.32. The number of nitrogens with one attached hydrogen (secondary N) is 2. The molecule has 3 rings (SSSR count). The lowest BCUT2D eigenvalue weighted by Crippen LogP contribution is -2.45. The van der Waals surface area contributed by atoms with E-state index in [1.54, 1.807) is 6.20 Å². The van der Waals surface area contributed by atoms with Crippen molar-refractivity contribution in [1.82, 2.24) is 25.2 Å². The molecule has 0 spiro atoms. The first-order chi connectivity index (χ1) is 11.2. The van der Waals surface area contributed by atoms with Crippen molar-refractivity contribution in [3.63, 3.8) is 0 Å². The number of benzene rings is 1. The maximum absolute atomic E-state index is 6.02. The van der Waals surface area contributed by atoms with Crippen molar-refractivity contribution in [3.05, 3.63) is 30.0 Å². The Bertz CT molecular complexity index is 607. The summed E-state index contributed by atoms with van der Waals surface area (Å²) in [6, 6.07) is 6.12. The first-order valence-corrected chi connectivity index (χ1v) is 7.98. The second-order valence-electron chi connectivity index (χ2n) is 5.99. The van der Waals surface area contributed by atoms with Gasteiger partial charge in [0.25, 0.3) is 0 Å². The first kappa shape index (κ1) is 15.8. The number of hydrogen-bond donors (Lipinski definition) is 2. The summed E-state index contributed by atoms with van der Waals surface area (Å²) in [6.07, 6.45) is 1.65. The van der Waals surface area contributed by atoms with Gasteiger partial charge in [0.2, 0.25) is 0 Å². The minimum atomic E-state index is 0.684. The highest BCUT2D eigenvalue weighted by atomic mass is 16.5. The largest absolute Gasteiger partial charge is 0.490 e. The van der Waals surface area contributed by atoms with Gasteiger partial charge in [-0.1, -0.05) is 11.3 Å². The van der Waals surface area contributed by atoms with Crippen molar-refractivity contribution in [2.24, 2.45) is 0 Å². The van der Waals surface area contributed by atoms with E-state index in [9.17, 15) is 0 Å². The average molecular weight is 316 g/mol. The van der Waals surface area contributed by atoms with E-state index < -0.39 is 0 Å². The molecule has 2 N–H and O–H groups in total. The fourth-order valence-electron chi connectivity index (χ4n) is 2.61. The Labute approximate surface area is 136 Å². The SMILES string of the molecule is Cc1ccc(Nc2cnn[nH]2)c(OCCN2CCN(C)CC2)c1. The average Bonchev–Trinajstić information content (AvgIpc) is 3.05. The summed E-state index contributed by atoms with van der Waals surface area (Å²) in [5.41, 5.74) is 2.09. The van der Waals surface area contributed by atoms with Gasteiger partial charge in [-0.05, 0) is 31.7 Å². The van der Waals surface area contributed by atoms with E-state index >= 15 is 0 Å². The van der Waals surface area contributed by atoms with E-state index in [2.05, 4.69) is 56.6 Å². The van der Waals surface area contributed by atoms with Crippen LogP contribution in [-0.2, 0) is 0 Å². The minimum Gasteiger partial charge on any atom is -0.490 e. The maximum atomic E-state index is 6.02. The number of likely N-dealkylation sites (N-methyl/N-ethyl adjacent to an activating group) is 1. The van der Waals surface area contributed by atoms with Crippen molar-refractivity contribution < 1.29 is 4.74 Å². The van der Waals surface area contributed by atoms with E-state index in [4.69, 9.17) is 4.74 Å². The van der Waals surface area contributed by atoms with Crippen LogP contribution >= 0.6 is 0 Å². The molecule has 124 valence electrons. The summed E-state index contributed by atoms with van der Waals surface area (Å²) >= 11 is 0. The van der Waals surface area contributed by atoms with Crippen LogP contribution < -0.4 is 10.1 Å². The Morgan fingerprint density at radius 2 is 2.09 bits per heavy atom. The molecule has 0 amide bonds. The number of hydrogen-bond acceptors (Lipinski definition) is 6. The number of aryl methyl sites for hydroxylation is 1. The molecule has 1 aliphatic heterocycles. The summed E-state index contributed by atoms with van der Waals surface area (Å²) in [7, 11) is 2.17. The smallest absolute Gasteiger partial charge is 0.146 e. The number of H-pyrrole nitrogens is 1. The Kier molecular flexibility index (Phi) is 5.09.